The number of hydrogen-bond donors (Lipinski definition) is 1. The van der Waals surface area contributed by atoms with E-state index in [9.17, 15) is 0 Å². The lowest BCUT2D eigenvalue weighted by Gasteiger charge is -2.26. The molecule has 2 nitrogen and oxygen atoms in total. The Morgan fingerprint density at radius 3 is 2.41 bits per heavy atom. The van der Waals surface area contributed by atoms with Gasteiger partial charge in [0.25, 0.3) is 0 Å². The van der Waals surface area contributed by atoms with Crippen LogP contribution in [-0.4, -0.2) is 10.8 Å². The first-order valence-electron chi connectivity index (χ1n) is 13.5. The van der Waals surface area contributed by atoms with Crippen LogP contribution in [0.15, 0.2) is 104 Å². The highest BCUT2D eigenvalue weighted by atomic mass is 15.0. The number of hydrogen-bond acceptors (Lipinski definition) is 1. The second-order valence-electron chi connectivity index (χ2n) is 10.2. The van der Waals surface area contributed by atoms with Gasteiger partial charge in [0.2, 0.25) is 0 Å². The predicted octanol–water partition coefficient (Wildman–Crippen LogP) is 10.0. The molecule has 1 aromatic heterocycles. The van der Waals surface area contributed by atoms with Crippen molar-refractivity contribution in [2.45, 2.75) is 26.2 Å². The van der Waals surface area contributed by atoms with Crippen LogP contribution in [-0.2, 0) is 6.42 Å². The molecule has 4 aromatic carbocycles. The fourth-order valence-corrected chi connectivity index (χ4v) is 6.31. The molecule has 190 valence electrons. The standard InChI is InChI=1S/C37H32N2/c1-5-12-26-22-36(30-15-9-8-14-29(30)28(26)7-3)39-35-17-11-10-16-31(35)34-20-24(4)33-21-25(27(23-38)13-6-2)18-19-32(33)37(34)39/h5-19,21-24,38H,2-3,20H2,1,4H3/b12-5-,27-13+,38-23?. The van der Waals surface area contributed by atoms with Gasteiger partial charge in [-0.1, -0.05) is 111 Å². The third kappa shape index (κ3) is 3.83. The molecule has 0 aliphatic heterocycles. The van der Waals surface area contributed by atoms with Crippen molar-refractivity contribution in [2.24, 2.45) is 0 Å². The number of allylic oxidation sites excluding steroid dienone is 4. The Balaban J connectivity index is 1.74. The van der Waals surface area contributed by atoms with Crippen molar-refractivity contribution < 1.29 is 0 Å². The molecule has 0 saturated heterocycles. The van der Waals surface area contributed by atoms with Crippen LogP contribution < -0.4 is 0 Å². The van der Waals surface area contributed by atoms with E-state index in [1.54, 1.807) is 6.08 Å². The maximum absolute atomic E-state index is 7.93. The number of nitrogens with one attached hydrogen (secondary N) is 1. The summed E-state index contributed by atoms with van der Waals surface area (Å²) < 4.78 is 2.48. The van der Waals surface area contributed by atoms with Gasteiger partial charge < -0.3 is 9.98 Å². The molecular weight excluding hydrogens is 472 g/mol. The predicted molar refractivity (Wildman–Crippen MR) is 170 cm³/mol. The molecule has 1 heterocycles. The molecule has 0 fully saturated rings. The topological polar surface area (TPSA) is 28.8 Å². The summed E-state index contributed by atoms with van der Waals surface area (Å²) in [6, 6.07) is 26.5. The number of aromatic nitrogens is 1. The maximum Gasteiger partial charge on any atom is 0.0576 e. The second-order valence-corrected chi connectivity index (χ2v) is 10.2. The fraction of sp³-hybridized carbons (Fsp3) is 0.108. The Kier molecular flexibility index (Phi) is 6.24. The van der Waals surface area contributed by atoms with Gasteiger partial charge in [-0.2, -0.15) is 0 Å². The van der Waals surface area contributed by atoms with Crippen LogP contribution in [0.4, 0.5) is 0 Å². The van der Waals surface area contributed by atoms with Crippen LogP contribution in [0.5, 0.6) is 0 Å². The molecule has 1 N–H and O–H groups in total. The van der Waals surface area contributed by atoms with Gasteiger partial charge in [0.05, 0.1) is 16.9 Å². The Morgan fingerprint density at radius 1 is 0.949 bits per heavy atom. The van der Waals surface area contributed by atoms with Crippen LogP contribution in [0.2, 0.25) is 0 Å². The summed E-state index contributed by atoms with van der Waals surface area (Å²) >= 11 is 0. The quantitative estimate of drug-likeness (QED) is 0.176. The number of nitrogens with zero attached hydrogens (tertiary/aromatic N) is 1. The highest BCUT2D eigenvalue weighted by Gasteiger charge is 2.29. The summed E-state index contributed by atoms with van der Waals surface area (Å²) in [7, 11) is 0. The smallest absolute Gasteiger partial charge is 0.0576 e. The molecule has 0 bridgehead atoms. The molecule has 1 atom stereocenters. The van der Waals surface area contributed by atoms with E-state index in [-0.39, 0.29) is 0 Å². The largest absolute Gasteiger partial charge is 0.308 e. The average Bonchev–Trinajstić information content (AvgIpc) is 3.29. The minimum Gasteiger partial charge on any atom is -0.308 e. The van der Waals surface area contributed by atoms with Crippen molar-refractivity contribution in [1.82, 2.24) is 4.57 Å². The summed E-state index contributed by atoms with van der Waals surface area (Å²) in [5, 5.41) is 11.7. The molecule has 0 spiro atoms. The van der Waals surface area contributed by atoms with Gasteiger partial charge in [0.1, 0.15) is 0 Å². The van der Waals surface area contributed by atoms with Crippen molar-refractivity contribution >= 4 is 45.6 Å². The van der Waals surface area contributed by atoms with Gasteiger partial charge in [0, 0.05) is 22.6 Å². The van der Waals surface area contributed by atoms with Crippen LogP contribution >= 0.6 is 0 Å². The van der Waals surface area contributed by atoms with Gasteiger partial charge in [-0.25, -0.2) is 0 Å². The third-order valence-corrected chi connectivity index (χ3v) is 8.00. The van der Waals surface area contributed by atoms with E-state index in [1.165, 1.54) is 56.0 Å². The first-order valence-corrected chi connectivity index (χ1v) is 13.5. The van der Waals surface area contributed by atoms with E-state index in [1.807, 2.05) is 12.2 Å². The van der Waals surface area contributed by atoms with Gasteiger partial charge in [-0.3, -0.25) is 0 Å². The van der Waals surface area contributed by atoms with E-state index >= 15 is 0 Å². The minimum atomic E-state index is 0.362. The normalized spacial score (nSPS) is 14.9. The van der Waals surface area contributed by atoms with Crippen molar-refractivity contribution in [2.75, 3.05) is 0 Å². The molecule has 1 unspecified atom stereocenters. The summed E-state index contributed by atoms with van der Waals surface area (Å²) in [6.07, 6.45) is 12.3. The maximum atomic E-state index is 7.93. The molecular formula is C37H32N2. The first-order chi connectivity index (χ1) is 19.1. The molecule has 2 heteroatoms. The van der Waals surface area contributed by atoms with Crippen LogP contribution in [0.3, 0.4) is 0 Å². The van der Waals surface area contributed by atoms with Gasteiger partial charge in [-0.05, 0) is 70.2 Å². The summed E-state index contributed by atoms with van der Waals surface area (Å²) in [4.78, 5) is 0. The zero-order chi connectivity index (χ0) is 27.1. The van der Waals surface area contributed by atoms with E-state index in [0.29, 0.717) is 5.92 Å². The van der Waals surface area contributed by atoms with Gasteiger partial charge >= 0.3 is 0 Å². The molecule has 0 amide bonds. The lowest BCUT2D eigenvalue weighted by Crippen LogP contribution is -2.11. The molecule has 1 aliphatic carbocycles. The third-order valence-electron chi connectivity index (χ3n) is 8.00. The van der Waals surface area contributed by atoms with Crippen molar-refractivity contribution in [3.05, 3.63) is 132 Å². The Morgan fingerprint density at radius 2 is 1.69 bits per heavy atom. The van der Waals surface area contributed by atoms with Gasteiger partial charge in [-0.15, -0.1) is 0 Å². The number of fused-ring (bicyclic) bond motifs is 6. The Hall–Kier alpha value is -4.69. The van der Waals surface area contributed by atoms with E-state index < -0.39 is 0 Å². The fourth-order valence-electron chi connectivity index (χ4n) is 6.31. The van der Waals surface area contributed by atoms with Gasteiger partial charge in [0.15, 0.2) is 0 Å². The zero-order valence-electron chi connectivity index (χ0n) is 22.5. The minimum absolute atomic E-state index is 0.362. The summed E-state index contributed by atoms with van der Waals surface area (Å²) in [6.45, 7) is 12.4. The van der Waals surface area contributed by atoms with Crippen molar-refractivity contribution in [1.29, 1.82) is 5.41 Å². The lowest BCUT2D eigenvalue weighted by atomic mass is 9.80. The van der Waals surface area contributed by atoms with E-state index in [0.717, 1.165) is 28.7 Å². The second kappa shape index (κ2) is 9.89. The molecule has 39 heavy (non-hydrogen) atoms. The number of para-hydroxylation sites is 1. The van der Waals surface area contributed by atoms with E-state index in [2.05, 4.69) is 117 Å². The van der Waals surface area contributed by atoms with Crippen LogP contribution in [0, 0.1) is 5.41 Å². The highest BCUT2D eigenvalue weighted by Crippen LogP contribution is 2.47. The van der Waals surface area contributed by atoms with Crippen LogP contribution in [0.25, 0.3) is 56.3 Å². The van der Waals surface area contributed by atoms with Crippen molar-refractivity contribution in [3.63, 3.8) is 0 Å². The van der Waals surface area contributed by atoms with E-state index in [4.69, 9.17) is 5.41 Å². The first kappa shape index (κ1) is 24.6. The molecule has 6 rings (SSSR count). The molecule has 0 saturated carbocycles. The lowest BCUT2D eigenvalue weighted by molar-refractivity contribution is 0.749. The number of benzene rings is 4. The van der Waals surface area contributed by atoms with Crippen LogP contribution in [0.1, 0.15) is 47.6 Å². The monoisotopic (exact) mass is 504 g/mol. The summed E-state index contributed by atoms with van der Waals surface area (Å²) in [5.41, 5.74) is 11.9. The highest BCUT2D eigenvalue weighted by molar-refractivity contribution is 6.09. The van der Waals surface area contributed by atoms with Crippen molar-refractivity contribution in [3.8, 4) is 16.9 Å². The molecule has 0 radical (unpaired) electrons. The SMILES string of the molecule is C=C/C=C(\C=N)c1ccc2c(c1)C(C)Cc1c-2n(-c2cc(/C=C\C)c(C=C)c3ccccc23)c2ccccc12. The zero-order valence-corrected chi connectivity index (χ0v) is 22.5. The molecule has 5 aromatic rings. The Labute approximate surface area is 230 Å². The summed E-state index contributed by atoms with van der Waals surface area (Å²) in [5.74, 6) is 0.362. The average molecular weight is 505 g/mol. The number of rotatable bonds is 6. The Bertz CT molecular complexity index is 1860. The molecule has 1 aliphatic rings.